The van der Waals surface area contributed by atoms with E-state index in [1.54, 1.807) is 6.92 Å². The number of rotatable bonds is 5. The maximum atomic E-state index is 12.5. The maximum Gasteiger partial charge on any atom is 0.350 e. The van der Waals surface area contributed by atoms with E-state index in [0.717, 1.165) is 16.9 Å². The maximum absolute atomic E-state index is 12.5. The van der Waals surface area contributed by atoms with Crippen molar-refractivity contribution in [2.45, 2.75) is 6.92 Å². The highest BCUT2D eigenvalue weighted by atomic mass is 35.5. The average molecular weight is 421 g/mol. The summed E-state index contributed by atoms with van der Waals surface area (Å²) in [6.07, 6.45) is 0. The number of hydrogen-bond donors (Lipinski definition) is 1. The number of benzene rings is 2. The normalized spacial score (nSPS) is 10.5. The van der Waals surface area contributed by atoms with Gasteiger partial charge in [0.25, 0.3) is 5.91 Å². The van der Waals surface area contributed by atoms with E-state index in [0.29, 0.717) is 26.2 Å². The van der Waals surface area contributed by atoms with Crippen LogP contribution >= 0.6 is 34.5 Å². The summed E-state index contributed by atoms with van der Waals surface area (Å²) in [6, 6.07) is 13.8. The van der Waals surface area contributed by atoms with Crippen LogP contribution in [-0.4, -0.2) is 23.5 Å². The molecule has 0 atom stereocenters. The summed E-state index contributed by atoms with van der Waals surface area (Å²) in [6.45, 7) is 1.97. The molecule has 0 spiro atoms. The Morgan fingerprint density at radius 2 is 1.78 bits per heavy atom. The molecule has 1 aromatic heterocycles. The van der Waals surface area contributed by atoms with E-state index in [1.165, 1.54) is 18.2 Å². The van der Waals surface area contributed by atoms with Gasteiger partial charge in [-0.05, 0) is 25.1 Å². The van der Waals surface area contributed by atoms with Crippen LogP contribution in [0.5, 0.6) is 0 Å². The van der Waals surface area contributed by atoms with Crippen molar-refractivity contribution in [1.29, 1.82) is 0 Å². The Morgan fingerprint density at radius 1 is 1.11 bits per heavy atom. The lowest BCUT2D eigenvalue weighted by molar-refractivity contribution is 0.0532. The first-order valence-electron chi connectivity index (χ1n) is 7.98. The van der Waals surface area contributed by atoms with Crippen molar-refractivity contribution in [3.8, 4) is 11.3 Å². The molecule has 1 N–H and O–H groups in total. The highest BCUT2D eigenvalue weighted by Crippen LogP contribution is 2.32. The van der Waals surface area contributed by atoms with Gasteiger partial charge in [-0.1, -0.05) is 64.9 Å². The summed E-state index contributed by atoms with van der Waals surface area (Å²) in [5.41, 5.74) is 1.50. The predicted molar refractivity (Wildman–Crippen MR) is 108 cm³/mol. The van der Waals surface area contributed by atoms with Crippen LogP contribution < -0.4 is 5.32 Å². The third-order valence-corrected chi connectivity index (χ3v) is 4.87. The van der Waals surface area contributed by atoms with Crippen molar-refractivity contribution in [3.63, 3.8) is 0 Å². The molecule has 1 heterocycles. The Balaban J connectivity index is 1.94. The molecule has 0 bridgehead atoms. The van der Waals surface area contributed by atoms with Crippen LogP contribution in [0, 0.1) is 0 Å². The molecule has 0 saturated heterocycles. The van der Waals surface area contributed by atoms with Gasteiger partial charge in [-0.15, -0.1) is 0 Å². The van der Waals surface area contributed by atoms with Crippen molar-refractivity contribution < 1.29 is 14.3 Å². The van der Waals surface area contributed by atoms with E-state index in [4.69, 9.17) is 27.9 Å². The molecule has 27 heavy (non-hydrogen) atoms. The van der Waals surface area contributed by atoms with Crippen molar-refractivity contribution in [3.05, 3.63) is 69.0 Å². The zero-order valence-corrected chi connectivity index (χ0v) is 16.5. The lowest BCUT2D eigenvalue weighted by atomic mass is 10.1. The fraction of sp³-hybridized carbons (Fsp3) is 0.105. The molecule has 3 aromatic rings. The van der Waals surface area contributed by atoms with Gasteiger partial charge < -0.3 is 4.74 Å². The number of nitrogens with zero attached hydrogens (tertiary/aromatic N) is 1. The Labute approximate surface area is 169 Å². The zero-order chi connectivity index (χ0) is 19.4. The van der Waals surface area contributed by atoms with Crippen LogP contribution in [0.25, 0.3) is 11.3 Å². The number of thiazole rings is 1. The molecule has 3 rings (SSSR count). The number of aromatic nitrogens is 1. The Hall–Kier alpha value is -2.41. The van der Waals surface area contributed by atoms with E-state index >= 15 is 0 Å². The minimum atomic E-state index is -0.486. The van der Waals surface area contributed by atoms with Gasteiger partial charge in [0.05, 0.1) is 12.3 Å². The summed E-state index contributed by atoms with van der Waals surface area (Å²) in [7, 11) is 0. The second-order valence-corrected chi connectivity index (χ2v) is 7.27. The number of halogens is 2. The van der Waals surface area contributed by atoms with Crippen LogP contribution in [0.3, 0.4) is 0 Å². The van der Waals surface area contributed by atoms with Gasteiger partial charge in [-0.25, -0.2) is 9.78 Å². The standard InChI is InChI=1S/C19H14Cl2N2O3S/c1-2-26-18(25)16-15(11-6-4-3-5-7-11)22-19(27-16)23-17(24)12-8-13(20)10-14(21)9-12/h3-10H,2H2,1H3,(H,22,23,24). The second kappa shape index (κ2) is 8.52. The highest BCUT2D eigenvalue weighted by Gasteiger charge is 2.22. The first-order valence-corrected chi connectivity index (χ1v) is 9.56. The average Bonchev–Trinajstić information content (AvgIpc) is 3.06. The summed E-state index contributed by atoms with van der Waals surface area (Å²) in [5, 5.41) is 3.66. The largest absolute Gasteiger partial charge is 0.462 e. The Bertz CT molecular complexity index is 970. The molecule has 2 aromatic carbocycles. The summed E-state index contributed by atoms with van der Waals surface area (Å²) in [4.78, 5) is 29.5. The fourth-order valence-electron chi connectivity index (χ4n) is 2.35. The van der Waals surface area contributed by atoms with Crippen LogP contribution in [0.4, 0.5) is 5.13 Å². The van der Waals surface area contributed by atoms with Crippen LogP contribution in [0.1, 0.15) is 27.0 Å². The fourth-order valence-corrected chi connectivity index (χ4v) is 3.76. The molecule has 0 aliphatic heterocycles. The number of amides is 1. The van der Waals surface area contributed by atoms with E-state index in [1.807, 2.05) is 30.3 Å². The smallest absolute Gasteiger partial charge is 0.350 e. The topological polar surface area (TPSA) is 68.3 Å². The van der Waals surface area contributed by atoms with Gasteiger partial charge in [0.2, 0.25) is 0 Å². The highest BCUT2D eigenvalue weighted by molar-refractivity contribution is 7.18. The number of carbonyl (C=O) groups excluding carboxylic acids is 2. The SMILES string of the molecule is CCOC(=O)c1sc(NC(=O)c2cc(Cl)cc(Cl)c2)nc1-c1ccccc1. The quantitative estimate of drug-likeness (QED) is 0.549. The van der Waals surface area contributed by atoms with E-state index in [2.05, 4.69) is 10.3 Å². The molecule has 1 amide bonds. The van der Waals surface area contributed by atoms with Crippen molar-refractivity contribution in [1.82, 2.24) is 4.98 Å². The molecule has 0 radical (unpaired) electrons. The summed E-state index contributed by atoms with van der Waals surface area (Å²) >= 11 is 12.9. The molecular formula is C19H14Cl2N2O3S. The van der Waals surface area contributed by atoms with E-state index in [9.17, 15) is 9.59 Å². The Kier molecular flexibility index (Phi) is 6.11. The zero-order valence-electron chi connectivity index (χ0n) is 14.2. The monoisotopic (exact) mass is 420 g/mol. The molecule has 138 valence electrons. The number of nitrogens with one attached hydrogen (secondary N) is 1. The molecule has 8 heteroatoms. The molecule has 0 fully saturated rings. The van der Waals surface area contributed by atoms with Gasteiger partial charge in [0, 0.05) is 21.2 Å². The van der Waals surface area contributed by atoms with Gasteiger partial charge in [0.1, 0.15) is 4.88 Å². The molecule has 5 nitrogen and oxygen atoms in total. The summed E-state index contributed by atoms with van der Waals surface area (Å²) in [5.74, 6) is -0.914. The van der Waals surface area contributed by atoms with Crippen molar-refractivity contribution in [2.75, 3.05) is 11.9 Å². The lowest BCUT2D eigenvalue weighted by Gasteiger charge is -2.03. The van der Waals surface area contributed by atoms with Crippen LogP contribution in [0.15, 0.2) is 48.5 Å². The van der Waals surface area contributed by atoms with Gasteiger partial charge in [0.15, 0.2) is 5.13 Å². The molecule has 0 aliphatic rings. The molecule has 0 saturated carbocycles. The van der Waals surface area contributed by atoms with Gasteiger partial charge in [-0.2, -0.15) is 0 Å². The first-order chi connectivity index (χ1) is 13.0. The number of hydrogen-bond acceptors (Lipinski definition) is 5. The van der Waals surface area contributed by atoms with Crippen LogP contribution in [-0.2, 0) is 4.74 Å². The number of carbonyl (C=O) groups is 2. The summed E-state index contributed by atoms with van der Waals surface area (Å²) < 4.78 is 5.11. The number of ether oxygens (including phenoxy) is 1. The third kappa shape index (κ3) is 4.66. The van der Waals surface area contributed by atoms with E-state index in [-0.39, 0.29) is 11.7 Å². The van der Waals surface area contributed by atoms with Crippen molar-refractivity contribution in [2.24, 2.45) is 0 Å². The molecule has 0 unspecified atom stereocenters. The number of anilines is 1. The predicted octanol–water partition coefficient (Wildman–Crippen LogP) is 5.55. The molecule has 0 aliphatic carbocycles. The van der Waals surface area contributed by atoms with Crippen molar-refractivity contribution >= 4 is 51.5 Å². The van der Waals surface area contributed by atoms with E-state index < -0.39 is 11.9 Å². The number of esters is 1. The first kappa shape index (κ1) is 19.4. The minimum absolute atomic E-state index is 0.244. The second-order valence-electron chi connectivity index (χ2n) is 5.40. The minimum Gasteiger partial charge on any atom is -0.462 e. The third-order valence-electron chi connectivity index (χ3n) is 3.48. The van der Waals surface area contributed by atoms with Gasteiger partial charge >= 0.3 is 5.97 Å². The lowest BCUT2D eigenvalue weighted by Crippen LogP contribution is -2.11. The Morgan fingerprint density at radius 3 is 2.41 bits per heavy atom. The van der Waals surface area contributed by atoms with Crippen LogP contribution in [0.2, 0.25) is 10.0 Å². The van der Waals surface area contributed by atoms with Gasteiger partial charge in [-0.3, -0.25) is 10.1 Å². The molecular weight excluding hydrogens is 407 g/mol.